The van der Waals surface area contributed by atoms with Gasteiger partial charge in [-0.2, -0.15) is 5.10 Å². The summed E-state index contributed by atoms with van der Waals surface area (Å²) in [6.45, 7) is 3.06. The maximum atomic E-state index is 12.1. The molecular formula is C14H16Cl2N4O. The molecule has 0 aliphatic heterocycles. The fraction of sp³-hybridized carbons (Fsp3) is 0.286. The molecule has 1 heterocycles. The zero-order valence-electron chi connectivity index (χ0n) is 11.8. The summed E-state index contributed by atoms with van der Waals surface area (Å²) in [6.07, 6.45) is 1.59. The molecule has 2 rings (SSSR count). The van der Waals surface area contributed by atoms with Crippen LogP contribution in [0.3, 0.4) is 0 Å². The number of hydrogen-bond acceptors (Lipinski definition) is 2. The Kier molecular flexibility index (Phi) is 5.09. The second kappa shape index (κ2) is 6.83. The number of nitrogens with one attached hydrogen (secondary N) is 1. The number of nitrogens with zero attached hydrogens (tertiary/aromatic N) is 3. The van der Waals surface area contributed by atoms with Crippen molar-refractivity contribution in [2.24, 2.45) is 0 Å². The van der Waals surface area contributed by atoms with E-state index >= 15 is 0 Å². The number of benzene rings is 1. The SMILES string of the molecule is CCn1ncc(Cl)c1CN(C)C(=O)Nc1ccc(Cl)cc1. The molecule has 0 aliphatic carbocycles. The van der Waals surface area contributed by atoms with Crippen molar-refractivity contribution in [3.8, 4) is 0 Å². The summed E-state index contributed by atoms with van der Waals surface area (Å²) in [5.74, 6) is 0. The van der Waals surface area contributed by atoms with Gasteiger partial charge >= 0.3 is 6.03 Å². The van der Waals surface area contributed by atoms with Gasteiger partial charge in [-0.1, -0.05) is 23.2 Å². The van der Waals surface area contributed by atoms with Crippen LogP contribution in [0.4, 0.5) is 10.5 Å². The van der Waals surface area contributed by atoms with Crippen molar-refractivity contribution >= 4 is 34.9 Å². The van der Waals surface area contributed by atoms with Crippen molar-refractivity contribution in [2.75, 3.05) is 12.4 Å². The molecule has 7 heteroatoms. The molecule has 0 atom stereocenters. The number of aromatic nitrogens is 2. The highest BCUT2D eigenvalue weighted by Gasteiger charge is 2.15. The van der Waals surface area contributed by atoms with E-state index in [1.54, 1.807) is 47.1 Å². The molecule has 1 aromatic carbocycles. The molecule has 2 aromatic rings. The summed E-state index contributed by atoms with van der Waals surface area (Å²) >= 11 is 11.9. The van der Waals surface area contributed by atoms with Crippen molar-refractivity contribution in [2.45, 2.75) is 20.0 Å². The van der Waals surface area contributed by atoms with Crippen LogP contribution >= 0.6 is 23.2 Å². The molecule has 0 bridgehead atoms. The van der Waals surface area contributed by atoms with Crippen molar-refractivity contribution in [1.29, 1.82) is 0 Å². The zero-order valence-corrected chi connectivity index (χ0v) is 13.3. The standard InChI is InChI=1S/C14H16Cl2N4O/c1-3-20-13(12(16)8-17-20)9-19(2)14(21)18-11-6-4-10(15)5-7-11/h4-8H,3,9H2,1-2H3,(H,18,21). The first-order valence-corrected chi connectivity index (χ1v) is 7.24. The van der Waals surface area contributed by atoms with E-state index in [0.29, 0.717) is 28.8 Å². The minimum atomic E-state index is -0.225. The summed E-state index contributed by atoms with van der Waals surface area (Å²) in [4.78, 5) is 13.7. The van der Waals surface area contributed by atoms with Gasteiger partial charge in [0.1, 0.15) is 0 Å². The molecule has 0 saturated carbocycles. The Labute approximate surface area is 133 Å². The van der Waals surface area contributed by atoms with E-state index in [4.69, 9.17) is 23.2 Å². The fourth-order valence-corrected chi connectivity index (χ4v) is 2.19. The van der Waals surface area contributed by atoms with Gasteiger partial charge in [-0.25, -0.2) is 4.79 Å². The molecule has 0 aliphatic rings. The van der Waals surface area contributed by atoms with E-state index in [1.807, 2.05) is 6.92 Å². The Hall–Kier alpha value is -1.72. The van der Waals surface area contributed by atoms with Gasteiger partial charge in [0.25, 0.3) is 0 Å². The lowest BCUT2D eigenvalue weighted by atomic mass is 10.3. The van der Waals surface area contributed by atoms with Gasteiger partial charge in [-0.05, 0) is 31.2 Å². The van der Waals surface area contributed by atoms with E-state index in [2.05, 4.69) is 10.4 Å². The molecule has 0 spiro atoms. The van der Waals surface area contributed by atoms with Crippen LogP contribution in [0.25, 0.3) is 0 Å². The van der Waals surface area contributed by atoms with Gasteiger partial charge in [0.2, 0.25) is 0 Å². The molecule has 0 fully saturated rings. The lowest BCUT2D eigenvalue weighted by Gasteiger charge is -2.18. The summed E-state index contributed by atoms with van der Waals surface area (Å²) in [6, 6.07) is 6.71. The average molecular weight is 327 g/mol. The number of carbonyl (C=O) groups is 1. The highest BCUT2D eigenvalue weighted by Crippen LogP contribution is 2.18. The predicted octanol–water partition coefficient (Wildman–Crippen LogP) is 3.87. The summed E-state index contributed by atoms with van der Waals surface area (Å²) in [7, 11) is 1.70. The normalized spacial score (nSPS) is 10.5. The average Bonchev–Trinajstić information content (AvgIpc) is 2.82. The highest BCUT2D eigenvalue weighted by molar-refractivity contribution is 6.31. The highest BCUT2D eigenvalue weighted by atomic mass is 35.5. The molecule has 21 heavy (non-hydrogen) atoms. The molecule has 0 radical (unpaired) electrons. The molecule has 0 unspecified atom stereocenters. The van der Waals surface area contributed by atoms with Crippen molar-refractivity contribution < 1.29 is 4.79 Å². The van der Waals surface area contributed by atoms with Crippen LogP contribution in [-0.2, 0) is 13.1 Å². The Morgan fingerprint density at radius 1 is 1.33 bits per heavy atom. The first kappa shape index (κ1) is 15.7. The molecule has 112 valence electrons. The third kappa shape index (κ3) is 3.89. The minimum absolute atomic E-state index is 0.225. The van der Waals surface area contributed by atoms with Gasteiger partial charge in [-0.3, -0.25) is 4.68 Å². The fourth-order valence-electron chi connectivity index (χ4n) is 1.87. The predicted molar refractivity (Wildman–Crippen MR) is 84.8 cm³/mol. The van der Waals surface area contributed by atoms with Crippen molar-refractivity contribution in [3.05, 3.63) is 46.2 Å². The summed E-state index contributed by atoms with van der Waals surface area (Å²) in [5.41, 5.74) is 1.50. The first-order chi connectivity index (χ1) is 10.0. The van der Waals surface area contributed by atoms with E-state index in [0.717, 1.165) is 5.69 Å². The van der Waals surface area contributed by atoms with E-state index in [-0.39, 0.29) is 6.03 Å². The van der Waals surface area contributed by atoms with E-state index in [1.165, 1.54) is 0 Å². The smallest absolute Gasteiger partial charge is 0.321 e. The van der Waals surface area contributed by atoms with Gasteiger partial charge in [0.15, 0.2) is 0 Å². The quantitative estimate of drug-likeness (QED) is 0.927. The van der Waals surface area contributed by atoms with Crippen LogP contribution in [0.15, 0.2) is 30.5 Å². The van der Waals surface area contributed by atoms with E-state index < -0.39 is 0 Å². The molecule has 2 amide bonds. The van der Waals surface area contributed by atoms with Crippen LogP contribution < -0.4 is 5.32 Å². The summed E-state index contributed by atoms with van der Waals surface area (Å²) in [5, 5.41) is 8.13. The van der Waals surface area contributed by atoms with Crippen LogP contribution in [0.2, 0.25) is 10.0 Å². The molecular weight excluding hydrogens is 311 g/mol. The van der Waals surface area contributed by atoms with Gasteiger partial charge in [0.05, 0.1) is 23.5 Å². The number of hydrogen-bond donors (Lipinski definition) is 1. The second-order valence-corrected chi connectivity index (χ2v) is 5.39. The maximum absolute atomic E-state index is 12.1. The van der Waals surface area contributed by atoms with Crippen LogP contribution in [-0.4, -0.2) is 27.8 Å². The number of anilines is 1. The molecule has 5 nitrogen and oxygen atoms in total. The third-order valence-corrected chi connectivity index (χ3v) is 3.59. The van der Waals surface area contributed by atoms with Crippen LogP contribution in [0.1, 0.15) is 12.6 Å². The van der Waals surface area contributed by atoms with E-state index in [9.17, 15) is 4.79 Å². The van der Waals surface area contributed by atoms with Crippen molar-refractivity contribution in [1.82, 2.24) is 14.7 Å². The number of carbonyl (C=O) groups excluding carboxylic acids is 1. The van der Waals surface area contributed by atoms with Gasteiger partial charge in [0, 0.05) is 24.3 Å². The zero-order chi connectivity index (χ0) is 15.4. The minimum Gasteiger partial charge on any atom is -0.322 e. The Morgan fingerprint density at radius 3 is 2.62 bits per heavy atom. The first-order valence-electron chi connectivity index (χ1n) is 6.49. The largest absolute Gasteiger partial charge is 0.322 e. The number of amides is 2. The van der Waals surface area contributed by atoms with Crippen LogP contribution in [0, 0.1) is 0 Å². The molecule has 0 saturated heterocycles. The molecule has 1 aromatic heterocycles. The molecule has 1 N–H and O–H groups in total. The lowest BCUT2D eigenvalue weighted by molar-refractivity contribution is 0.219. The van der Waals surface area contributed by atoms with Gasteiger partial charge < -0.3 is 10.2 Å². The number of aryl methyl sites for hydroxylation is 1. The number of halogens is 2. The maximum Gasteiger partial charge on any atom is 0.321 e. The number of urea groups is 1. The Morgan fingerprint density at radius 2 is 2.00 bits per heavy atom. The van der Waals surface area contributed by atoms with Gasteiger partial charge in [-0.15, -0.1) is 0 Å². The summed E-state index contributed by atoms with van der Waals surface area (Å²) < 4.78 is 1.77. The third-order valence-electron chi connectivity index (χ3n) is 3.03. The monoisotopic (exact) mass is 326 g/mol. The number of rotatable bonds is 4. The Balaban J connectivity index is 2.02. The lowest BCUT2D eigenvalue weighted by Crippen LogP contribution is -2.31. The van der Waals surface area contributed by atoms with Crippen LogP contribution in [0.5, 0.6) is 0 Å². The second-order valence-electron chi connectivity index (χ2n) is 4.55. The van der Waals surface area contributed by atoms with Crippen molar-refractivity contribution in [3.63, 3.8) is 0 Å². The Bertz CT molecular complexity index is 624. The topological polar surface area (TPSA) is 50.2 Å².